The van der Waals surface area contributed by atoms with Crippen LogP contribution in [0.2, 0.25) is 0 Å². The molecule has 1 amide bonds. The second-order valence-electron chi connectivity index (χ2n) is 4.06. The van der Waals surface area contributed by atoms with Crippen molar-refractivity contribution < 1.29 is 9.53 Å². The summed E-state index contributed by atoms with van der Waals surface area (Å²) in [4.78, 5) is 11.1. The van der Waals surface area contributed by atoms with Crippen molar-refractivity contribution in [2.45, 2.75) is 13.5 Å². The average molecular weight is 275 g/mol. The standard InChI is InChI=1S/C13H17N5O2/c1-2-20-12-5-3-11(4-6-12)18-9-10(16-17-18)8-15-13(19)7-14/h3-6,9H,2,7-8,14H2,1H3,(H,15,19). The fourth-order valence-corrected chi connectivity index (χ4v) is 1.63. The van der Waals surface area contributed by atoms with E-state index in [-0.39, 0.29) is 12.5 Å². The van der Waals surface area contributed by atoms with Crippen molar-refractivity contribution in [1.82, 2.24) is 20.3 Å². The minimum absolute atomic E-state index is 0.0347. The van der Waals surface area contributed by atoms with Gasteiger partial charge in [0.2, 0.25) is 5.91 Å². The predicted molar refractivity (Wildman–Crippen MR) is 73.4 cm³/mol. The highest BCUT2D eigenvalue weighted by atomic mass is 16.5. The maximum absolute atomic E-state index is 11.1. The summed E-state index contributed by atoms with van der Waals surface area (Å²) in [5.74, 6) is 0.590. The zero-order chi connectivity index (χ0) is 14.4. The summed E-state index contributed by atoms with van der Waals surface area (Å²) in [5, 5.41) is 10.6. The normalized spacial score (nSPS) is 10.3. The number of nitrogens with zero attached hydrogens (tertiary/aromatic N) is 3. The molecule has 0 atom stereocenters. The molecule has 1 aromatic carbocycles. The third-order valence-corrected chi connectivity index (χ3v) is 2.61. The number of nitrogens with two attached hydrogens (primary N) is 1. The molecule has 1 heterocycles. The van der Waals surface area contributed by atoms with Gasteiger partial charge in [0.15, 0.2) is 0 Å². The molecule has 0 aliphatic heterocycles. The number of hydrogen-bond acceptors (Lipinski definition) is 5. The fraction of sp³-hybridized carbons (Fsp3) is 0.308. The first kappa shape index (κ1) is 14.0. The van der Waals surface area contributed by atoms with Gasteiger partial charge >= 0.3 is 0 Å². The van der Waals surface area contributed by atoms with Crippen LogP contribution in [0.1, 0.15) is 12.6 Å². The Kier molecular flexibility index (Phi) is 4.67. The summed E-state index contributed by atoms with van der Waals surface area (Å²) >= 11 is 0. The number of amides is 1. The molecule has 0 radical (unpaired) electrons. The molecule has 7 heteroatoms. The lowest BCUT2D eigenvalue weighted by Gasteiger charge is -2.04. The van der Waals surface area contributed by atoms with E-state index in [1.54, 1.807) is 10.9 Å². The second kappa shape index (κ2) is 6.67. The predicted octanol–water partition coefficient (Wildman–Crippen LogP) is 0.241. The highest BCUT2D eigenvalue weighted by Gasteiger charge is 2.04. The van der Waals surface area contributed by atoms with Gasteiger partial charge in [-0.1, -0.05) is 5.21 Å². The van der Waals surface area contributed by atoms with Crippen LogP contribution in [-0.2, 0) is 11.3 Å². The van der Waals surface area contributed by atoms with Crippen molar-refractivity contribution in [3.63, 3.8) is 0 Å². The molecule has 2 rings (SSSR count). The number of aromatic nitrogens is 3. The van der Waals surface area contributed by atoms with Crippen molar-refractivity contribution in [3.8, 4) is 11.4 Å². The monoisotopic (exact) mass is 275 g/mol. The summed E-state index contributed by atoms with van der Waals surface area (Å²) in [6, 6.07) is 7.52. The summed E-state index contributed by atoms with van der Waals surface area (Å²) in [6.07, 6.45) is 1.76. The van der Waals surface area contributed by atoms with E-state index in [9.17, 15) is 4.79 Å². The zero-order valence-corrected chi connectivity index (χ0v) is 11.2. The molecule has 0 saturated carbocycles. The van der Waals surface area contributed by atoms with E-state index < -0.39 is 0 Å². The Hall–Kier alpha value is -2.41. The molecular weight excluding hydrogens is 258 g/mol. The number of rotatable bonds is 6. The molecule has 106 valence electrons. The van der Waals surface area contributed by atoms with Crippen LogP contribution < -0.4 is 15.8 Å². The molecule has 7 nitrogen and oxygen atoms in total. The number of benzene rings is 1. The highest BCUT2D eigenvalue weighted by molar-refractivity contribution is 5.77. The van der Waals surface area contributed by atoms with Gasteiger partial charge in [0.1, 0.15) is 11.4 Å². The smallest absolute Gasteiger partial charge is 0.234 e. The molecule has 0 saturated heterocycles. The first-order chi connectivity index (χ1) is 9.72. The van der Waals surface area contributed by atoms with Crippen molar-refractivity contribution in [3.05, 3.63) is 36.2 Å². The van der Waals surface area contributed by atoms with Crippen molar-refractivity contribution in [1.29, 1.82) is 0 Å². The molecular formula is C13H17N5O2. The van der Waals surface area contributed by atoms with Crippen LogP contribution in [0.5, 0.6) is 5.75 Å². The van der Waals surface area contributed by atoms with E-state index in [1.807, 2.05) is 31.2 Å². The number of carbonyl (C=O) groups is 1. The molecule has 3 N–H and O–H groups in total. The molecule has 0 aliphatic carbocycles. The van der Waals surface area contributed by atoms with Crippen molar-refractivity contribution in [2.24, 2.45) is 5.73 Å². The summed E-state index contributed by atoms with van der Waals surface area (Å²) in [5.41, 5.74) is 6.75. The van der Waals surface area contributed by atoms with Crippen LogP contribution in [0.3, 0.4) is 0 Å². The molecule has 1 aromatic heterocycles. The SMILES string of the molecule is CCOc1ccc(-n2cc(CNC(=O)CN)nn2)cc1. The summed E-state index contributed by atoms with van der Waals surface area (Å²) < 4.78 is 7.01. The van der Waals surface area contributed by atoms with Gasteiger partial charge in [0.25, 0.3) is 0 Å². The quantitative estimate of drug-likeness (QED) is 0.787. The third-order valence-electron chi connectivity index (χ3n) is 2.61. The maximum Gasteiger partial charge on any atom is 0.234 e. The molecule has 0 spiro atoms. The second-order valence-corrected chi connectivity index (χ2v) is 4.06. The van der Waals surface area contributed by atoms with Crippen LogP contribution >= 0.6 is 0 Å². The van der Waals surface area contributed by atoms with E-state index >= 15 is 0 Å². The minimum Gasteiger partial charge on any atom is -0.494 e. The maximum atomic E-state index is 11.1. The van der Waals surface area contributed by atoms with Gasteiger partial charge in [-0.15, -0.1) is 5.10 Å². The summed E-state index contributed by atoms with van der Waals surface area (Å²) in [7, 11) is 0. The Bertz CT molecular complexity index is 564. The van der Waals surface area contributed by atoms with Crippen LogP contribution in [0.25, 0.3) is 5.69 Å². The van der Waals surface area contributed by atoms with Crippen molar-refractivity contribution in [2.75, 3.05) is 13.2 Å². The van der Waals surface area contributed by atoms with Gasteiger partial charge in [-0.05, 0) is 31.2 Å². The Morgan fingerprint density at radius 3 is 2.80 bits per heavy atom. The van der Waals surface area contributed by atoms with Gasteiger partial charge < -0.3 is 15.8 Å². The fourth-order valence-electron chi connectivity index (χ4n) is 1.63. The van der Waals surface area contributed by atoms with Gasteiger partial charge in [-0.3, -0.25) is 4.79 Å². The molecule has 20 heavy (non-hydrogen) atoms. The Balaban J connectivity index is 2.02. The minimum atomic E-state index is -0.222. The lowest BCUT2D eigenvalue weighted by atomic mass is 10.3. The number of hydrogen-bond donors (Lipinski definition) is 2. The first-order valence-corrected chi connectivity index (χ1v) is 6.34. The molecule has 0 fully saturated rings. The molecule has 0 unspecified atom stereocenters. The lowest BCUT2D eigenvalue weighted by molar-refractivity contribution is -0.119. The third kappa shape index (κ3) is 3.55. The number of ether oxygens (including phenoxy) is 1. The Morgan fingerprint density at radius 1 is 1.40 bits per heavy atom. The van der Waals surface area contributed by atoms with Crippen molar-refractivity contribution >= 4 is 5.91 Å². The largest absolute Gasteiger partial charge is 0.494 e. The zero-order valence-electron chi connectivity index (χ0n) is 11.2. The van der Waals surface area contributed by atoms with E-state index in [0.29, 0.717) is 18.8 Å². The van der Waals surface area contributed by atoms with Crippen LogP contribution in [0.15, 0.2) is 30.5 Å². The van der Waals surface area contributed by atoms with Gasteiger partial charge in [-0.25, -0.2) is 4.68 Å². The van der Waals surface area contributed by atoms with Gasteiger partial charge in [0, 0.05) is 0 Å². The Morgan fingerprint density at radius 2 is 2.15 bits per heavy atom. The topological polar surface area (TPSA) is 95.1 Å². The van der Waals surface area contributed by atoms with Gasteiger partial charge in [-0.2, -0.15) is 0 Å². The van der Waals surface area contributed by atoms with E-state index in [2.05, 4.69) is 15.6 Å². The van der Waals surface area contributed by atoms with E-state index in [4.69, 9.17) is 10.5 Å². The average Bonchev–Trinajstić information content (AvgIpc) is 2.95. The lowest BCUT2D eigenvalue weighted by Crippen LogP contribution is -2.29. The van der Waals surface area contributed by atoms with Crippen LogP contribution in [-0.4, -0.2) is 34.1 Å². The highest BCUT2D eigenvalue weighted by Crippen LogP contribution is 2.14. The van der Waals surface area contributed by atoms with Gasteiger partial charge in [0.05, 0.1) is 31.6 Å². The molecule has 0 aliphatic rings. The number of nitrogens with one attached hydrogen (secondary N) is 1. The first-order valence-electron chi connectivity index (χ1n) is 6.34. The Labute approximate surface area is 116 Å². The van der Waals surface area contributed by atoms with Crippen LogP contribution in [0, 0.1) is 0 Å². The van der Waals surface area contributed by atoms with E-state index in [0.717, 1.165) is 11.4 Å². The summed E-state index contributed by atoms with van der Waals surface area (Å²) in [6.45, 7) is 2.85. The van der Waals surface area contributed by atoms with Crippen LogP contribution in [0.4, 0.5) is 0 Å². The number of carbonyl (C=O) groups excluding carboxylic acids is 1. The molecule has 0 bridgehead atoms. The van der Waals surface area contributed by atoms with E-state index in [1.165, 1.54) is 0 Å². The molecule has 2 aromatic rings.